The summed E-state index contributed by atoms with van der Waals surface area (Å²) in [5.74, 6) is -1.56. The molecule has 0 bridgehead atoms. The van der Waals surface area contributed by atoms with E-state index in [4.69, 9.17) is 14.6 Å². The van der Waals surface area contributed by atoms with Gasteiger partial charge in [0, 0.05) is 12.5 Å². The molecular weight excluding hydrogens is 226 g/mol. The monoisotopic (exact) mass is 245 g/mol. The number of carboxylic acid groups (broad SMARTS) is 1. The molecular formula is C11H19NO5. The lowest BCUT2D eigenvalue weighted by atomic mass is 9.91. The standard InChI is InChI=1S/C11H19NO5/c1-11(2,3)17-10(15)12-4-8(9(13)14)7-5-16-6-7/h7-8H,4-6H2,1-3H3,(H,12,15)(H,13,14). The van der Waals surface area contributed by atoms with Crippen molar-refractivity contribution in [1.29, 1.82) is 0 Å². The van der Waals surface area contributed by atoms with Crippen molar-refractivity contribution < 1.29 is 24.2 Å². The summed E-state index contributed by atoms with van der Waals surface area (Å²) in [5.41, 5.74) is -0.581. The zero-order valence-electron chi connectivity index (χ0n) is 10.4. The number of hydrogen-bond acceptors (Lipinski definition) is 4. The van der Waals surface area contributed by atoms with Crippen LogP contribution in [0, 0.1) is 11.8 Å². The van der Waals surface area contributed by atoms with Crippen molar-refractivity contribution in [3.63, 3.8) is 0 Å². The van der Waals surface area contributed by atoms with Crippen LogP contribution in [0.1, 0.15) is 20.8 Å². The Morgan fingerprint density at radius 3 is 2.41 bits per heavy atom. The molecule has 1 aliphatic rings. The lowest BCUT2D eigenvalue weighted by Gasteiger charge is -2.31. The predicted octanol–water partition coefficient (Wildman–Crippen LogP) is 0.858. The molecule has 6 heteroatoms. The molecule has 1 unspecified atom stereocenters. The van der Waals surface area contributed by atoms with Crippen LogP contribution in [-0.4, -0.2) is 42.5 Å². The molecule has 1 saturated heterocycles. The molecule has 6 nitrogen and oxygen atoms in total. The first-order chi connectivity index (χ1) is 7.79. The maximum atomic E-state index is 11.4. The quantitative estimate of drug-likeness (QED) is 0.767. The number of alkyl carbamates (subject to hydrolysis) is 1. The van der Waals surface area contributed by atoms with E-state index in [0.29, 0.717) is 13.2 Å². The highest BCUT2D eigenvalue weighted by atomic mass is 16.6. The van der Waals surface area contributed by atoms with Gasteiger partial charge in [-0.15, -0.1) is 0 Å². The number of rotatable bonds is 4. The van der Waals surface area contributed by atoms with Crippen molar-refractivity contribution in [3.8, 4) is 0 Å². The summed E-state index contributed by atoms with van der Waals surface area (Å²) in [6.07, 6.45) is -0.594. The van der Waals surface area contributed by atoms with E-state index < -0.39 is 23.6 Å². The summed E-state index contributed by atoms with van der Waals surface area (Å²) in [4.78, 5) is 22.3. The normalized spacial score (nSPS) is 18.1. The van der Waals surface area contributed by atoms with E-state index in [1.807, 2.05) is 0 Å². The third kappa shape index (κ3) is 4.60. The topological polar surface area (TPSA) is 84.9 Å². The van der Waals surface area contributed by atoms with Crippen LogP contribution in [0.25, 0.3) is 0 Å². The van der Waals surface area contributed by atoms with Gasteiger partial charge >= 0.3 is 12.1 Å². The van der Waals surface area contributed by atoms with Crippen molar-refractivity contribution in [2.75, 3.05) is 19.8 Å². The first kappa shape index (κ1) is 13.8. The van der Waals surface area contributed by atoms with E-state index in [1.54, 1.807) is 20.8 Å². The second-order valence-corrected chi connectivity index (χ2v) is 5.13. The molecule has 1 heterocycles. The zero-order valence-corrected chi connectivity index (χ0v) is 10.4. The fraction of sp³-hybridized carbons (Fsp3) is 0.818. The molecule has 17 heavy (non-hydrogen) atoms. The number of nitrogens with one attached hydrogen (secondary N) is 1. The summed E-state index contributed by atoms with van der Waals surface area (Å²) in [6.45, 7) is 6.20. The van der Waals surface area contributed by atoms with Crippen LogP contribution in [0.4, 0.5) is 4.79 Å². The molecule has 0 aromatic rings. The highest BCUT2D eigenvalue weighted by Crippen LogP contribution is 2.20. The van der Waals surface area contributed by atoms with Crippen LogP contribution < -0.4 is 5.32 Å². The zero-order chi connectivity index (χ0) is 13.1. The molecule has 1 rings (SSSR count). The first-order valence-electron chi connectivity index (χ1n) is 5.57. The maximum absolute atomic E-state index is 11.4. The largest absolute Gasteiger partial charge is 0.481 e. The smallest absolute Gasteiger partial charge is 0.407 e. The summed E-state index contributed by atoms with van der Waals surface area (Å²) < 4.78 is 9.97. The lowest BCUT2D eigenvalue weighted by molar-refractivity contribution is -0.151. The van der Waals surface area contributed by atoms with Crippen molar-refractivity contribution in [3.05, 3.63) is 0 Å². The Hall–Kier alpha value is -1.30. The van der Waals surface area contributed by atoms with Crippen LogP contribution in [0.5, 0.6) is 0 Å². The molecule has 1 amide bonds. The van der Waals surface area contributed by atoms with E-state index in [2.05, 4.69) is 5.32 Å². The Labute approximate surface area is 100 Å². The summed E-state index contributed by atoms with van der Waals surface area (Å²) in [5, 5.41) is 11.5. The van der Waals surface area contributed by atoms with Crippen molar-refractivity contribution in [1.82, 2.24) is 5.32 Å². The fourth-order valence-electron chi connectivity index (χ4n) is 1.45. The maximum Gasteiger partial charge on any atom is 0.407 e. The number of carbonyl (C=O) groups is 2. The Balaban J connectivity index is 2.36. The molecule has 1 atom stereocenters. The molecule has 0 aromatic carbocycles. The van der Waals surface area contributed by atoms with Crippen LogP contribution in [-0.2, 0) is 14.3 Å². The number of carboxylic acids is 1. The molecule has 0 saturated carbocycles. The van der Waals surface area contributed by atoms with Gasteiger partial charge in [-0.2, -0.15) is 0 Å². The third-order valence-corrected chi connectivity index (χ3v) is 2.42. The number of ether oxygens (including phenoxy) is 2. The molecule has 2 N–H and O–H groups in total. The SMILES string of the molecule is CC(C)(C)OC(=O)NCC(C(=O)O)C1COC1. The average molecular weight is 245 g/mol. The number of amides is 1. The van der Waals surface area contributed by atoms with E-state index in [-0.39, 0.29) is 12.5 Å². The minimum absolute atomic E-state index is 0.0255. The van der Waals surface area contributed by atoms with Gasteiger partial charge < -0.3 is 19.9 Å². The second-order valence-electron chi connectivity index (χ2n) is 5.13. The number of hydrogen-bond donors (Lipinski definition) is 2. The van der Waals surface area contributed by atoms with Gasteiger partial charge in [-0.1, -0.05) is 0 Å². The van der Waals surface area contributed by atoms with Gasteiger partial charge in [0.2, 0.25) is 0 Å². The summed E-state index contributed by atoms with van der Waals surface area (Å²) >= 11 is 0. The van der Waals surface area contributed by atoms with Crippen molar-refractivity contribution >= 4 is 12.1 Å². The molecule has 0 aromatic heterocycles. The minimum Gasteiger partial charge on any atom is -0.481 e. The van der Waals surface area contributed by atoms with Crippen LogP contribution >= 0.6 is 0 Å². The van der Waals surface area contributed by atoms with Crippen molar-refractivity contribution in [2.24, 2.45) is 11.8 Å². The molecule has 0 spiro atoms. The van der Waals surface area contributed by atoms with Gasteiger partial charge in [0.25, 0.3) is 0 Å². The molecule has 1 aliphatic heterocycles. The summed E-state index contributed by atoms with van der Waals surface area (Å²) in [7, 11) is 0. The van der Waals surface area contributed by atoms with Crippen LogP contribution in [0.3, 0.4) is 0 Å². The highest BCUT2D eigenvalue weighted by Gasteiger charge is 2.34. The first-order valence-corrected chi connectivity index (χ1v) is 5.57. The predicted molar refractivity (Wildman–Crippen MR) is 59.7 cm³/mol. The molecule has 98 valence electrons. The van der Waals surface area contributed by atoms with Gasteiger partial charge in [-0.05, 0) is 20.8 Å². The van der Waals surface area contributed by atoms with Gasteiger partial charge in [-0.25, -0.2) is 4.79 Å². The van der Waals surface area contributed by atoms with E-state index in [1.165, 1.54) is 0 Å². The molecule has 0 radical (unpaired) electrons. The second kappa shape index (κ2) is 5.35. The number of carbonyl (C=O) groups excluding carboxylic acids is 1. The molecule has 1 fully saturated rings. The van der Waals surface area contributed by atoms with E-state index >= 15 is 0 Å². The van der Waals surface area contributed by atoms with Gasteiger partial charge in [0.15, 0.2) is 0 Å². The highest BCUT2D eigenvalue weighted by molar-refractivity contribution is 5.73. The van der Waals surface area contributed by atoms with Crippen LogP contribution in [0.2, 0.25) is 0 Å². The third-order valence-electron chi connectivity index (χ3n) is 2.42. The fourth-order valence-corrected chi connectivity index (χ4v) is 1.45. The number of aliphatic carboxylic acids is 1. The van der Waals surface area contributed by atoms with Gasteiger partial charge in [-0.3, -0.25) is 4.79 Å². The van der Waals surface area contributed by atoms with E-state index in [0.717, 1.165) is 0 Å². The Morgan fingerprint density at radius 1 is 1.47 bits per heavy atom. The Morgan fingerprint density at radius 2 is 2.06 bits per heavy atom. The Kier molecular flexibility index (Phi) is 4.34. The van der Waals surface area contributed by atoms with E-state index in [9.17, 15) is 9.59 Å². The lowest BCUT2D eigenvalue weighted by Crippen LogP contribution is -2.45. The van der Waals surface area contributed by atoms with Gasteiger partial charge in [0.05, 0.1) is 19.1 Å². The average Bonchev–Trinajstić information content (AvgIpc) is 2.04. The van der Waals surface area contributed by atoms with Crippen molar-refractivity contribution in [2.45, 2.75) is 26.4 Å². The minimum atomic E-state index is -0.922. The Bertz CT molecular complexity index is 293. The van der Waals surface area contributed by atoms with Gasteiger partial charge in [0.1, 0.15) is 5.60 Å². The summed E-state index contributed by atoms with van der Waals surface area (Å²) in [6, 6.07) is 0. The molecule has 0 aliphatic carbocycles. The van der Waals surface area contributed by atoms with Crippen LogP contribution in [0.15, 0.2) is 0 Å².